The number of aromatic nitrogens is 2. The second-order valence-electron chi connectivity index (χ2n) is 7.68. The van der Waals surface area contributed by atoms with Crippen LogP contribution >= 0.6 is 11.3 Å². The highest BCUT2D eigenvalue weighted by atomic mass is 32.1. The quantitative estimate of drug-likeness (QED) is 0.416. The van der Waals surface area contributed by atoms with Gasteiger partial charge in [0.2, 0.25) is 5.91 Å². The first-order chi connectivity index (χ1) is 15.6. The predicted molar refractivity (Wildman–Crippen MR) is 128 cm³/mol. The topological polar surface area (TPSA) is 73.1 Å². The molecule has 0 spiro atoms. The molecule has 2 aromatic carbocycles. The highest BCUT2D eigenvalue weighted by molar-refractivity contribution is 7.10. The highest BCUT2D eigenvalue weighted by Crippen LogP contribution is 2.23. The summed E-state index contributed by atoms with van der Waals surface area (Å²) in [6.07, 6.45) is 1.72. The molecule has 0 fully saturated rings. The summed E-state index contributed by atoms with van der Waals surface area (Å²) in [6.45, 7) is 2.16. The summed E-state index contributed by atoms with van der Waals surface area (Å²) in [5.74, 6) is -0.288. The summed E-state index contributed by atoms with van der Waals surface area (Å²) in [4.78, 5) is 40.0. The molecule has 0 radical (unpaired) electrons. The van der Waals surface area contributed by atoms with Crippen molar-refractivity contribution in [2.45, 2.75) is 38.9 Å². The molecule has 1 unspecified atom stereocenters. The fraction of sp³-hybridized carbons (Fsp3) is 0.240. The average molecular weight is 448 g/mol. The number of amides is 1. The molecular weight excluding hydrogens is 422 g/mol. The fourth-order valence-corrected chi connectivity index (χ4v) is 4.71. The summed E-state index contributed by atoms with van der Waals surface area (Å²) in [7, 11) is 0. The molecular formula is C25H25N3O3S. The van der Waals surface area contributed by atoms with E-state index < -0.39 is 11.1 Å². The number of nitrogens with one attached hydrogen (secondary N) is 1. The third kappa shape index (κ3) is 4.57. The number of carbonyl (C=O) groups is 1. The van der Waals surface area contributed by atoms with Crippen LogP contribution in [0, 0.1) is 0 Å². The van der Waals surface area contributed by atoms with Crippen LogP contribution in [0.2, 0.25) is 0 Å². The largest absolute Gasteiger partial charge is 0.347 e. The van der Waals surface area contributed by atoms with Crippen molar-refractivity contribution in [1.29, 1.82) is 0 Å². The van der Waals surface area contributed by atoms with Gasteiger partial charge in [0.1, 0.15) is 6.54 Å². The van der Waals surface area contributed by atoms with Gasteiger partial charge in [-0.15, -0.1) is 11.3 Å². The van der Waals surface area contributed by atoms with E-state index >= 15 is 0 Å². The molecule has 1 atom stereocenters. The maximum absolute atomic E-state index is 13.0. The van der Waals surface area contributed by atoms with Crippen LogP contribution in [0.15, 0.2) is 81.7 Å². The van der Waals surface area contributed by atoms with Crippen molar-refractivity contribution in [3.8, 4) is 0 Å². The van der Waals surface area contributed by atoms with Gasteiger partial charge in [0.05, 0.1) is 23.6 Å². The van der Waals surface area contributed by atoms with Gasteiger partial charge in [-0.1, -0.05) is 61.9 Å². The standard InChI is InChI=1S/C25H25N3O3S/c1-2-9-19(22-14-8-15-32-22)26-23(29)17-28-21-13-7-6-12-20(21)27(24(30)25(28)31)16-18-10-4-3-5-11-18/h3-8,10-15,19H,2,9,16-17H2,1H3,(H,26,29). The number of benzene rings is 2. The average Bonchev–Trinajstić information content (AvgIpc) is 3.35. The zero-order chi connectivity index (χ0) is 22.5. The van der Waals surface area contributed by atoms with Gasteiger partial charge >= 0.3 is 11.1 Å². The number of rotatable bonds is 8. The minimum atomic E-state index is -0.696. The molecule has 4 aromatic rings. The number of carbonyl (C=O) groups excluding carboxylic acids is 1. The Kier molecular flexibility index (Phi) is 6.66. The monoisotopic (exact) mass is 447 g/mol. The number of hydrogen-bond acceptors (Lipinski definition) is 4. The number of para-hydroxylation sites is 2. The van der Waals surface area contributed by atoms with Crippen molar-refractivity contribution in [1.82, 2.24) is 14.5 Å². The normalized spacial score (nSPS) is 12.0. The van der Waals surface area contributed by atoms with Crippen LogP contribution in [0.3, 0.4) is 0 Å². The smallest absolute Gasteiger partial charge is 0.317 e. The second kappa shape index (κ2) is 9.78. The summed E-state index contributed by atoms with van der Waals surface area (Å²) in [6, 6.07) is 20.6. The summed E-state index contributed by atoms with van der Waals surface area (Å²) in [5.41, 5.74) is 0.776. The van der Waals surface area contributed by atoms with Gasteiger partial charge < -0.3 is 5.32 Å². The zero-order valence-electron chi connectivity index (χ0n) is 17.9. The van der Waals surface area contributed by atoms with Crippen LogP contribution in [-0.4, -0.2) is 15.0 Å². The first kappa shape index (κ1) is 21.8. The van der Waals surface area contributed by atoms with Crippen LogP contribution in [0.4, 0.5) is 0 Å². The molecule has 32 heavy (non-hydrogen) atoms. The van der Waals surface area contributed by atoms with Gasteiger partial charge in [0.15, 0.2) is 0 Å². The van der Waals surface area contributed by atoms with Gasteiger partial charge in [-0.25, -0.2) is 0 Å². The van der Waals surface area contributed by atoms with Gasteiger partial charge in [-0.05, 0) is 35.6 Å². The number of nitrogens with zero attached hydrogens (tertiary/aromatic N) is 2. The van der Waals surface area contributed by atoms with E-state index in [0.717, 1.165) is 23.3 Å². The van der Waals surface area contributed by atoms with Gasteiger partial charge in [-0.2, -0.15) is 0 Å². The van der Waals surface area contributed by atoms with Crippen molar-refractivity contribution in [3.05, 3.63) is 103 Å². The number of fused-ring (bicyclic) bond motifs is 1. The number of hydrogen-bond donors (Lipinski definition) is 1. The zero-order valence-corrected chi connectivity index (χ0v) is 18.7. The summed E-state index contributed by atoms with van der Waals surface area (Å²) >= 11 is 1.59. The molecule has 1 amide bonds. The number of thiophene rings is 1. The third-order valence-electron chi connectivity index (χ3n) is 5.42. The van der Waals surface area contributed by atoms with Crippen molar-refractivity contribution in [2.75, 3.05) is 0 Å². The van der Waals surface area contributed by atoms with E-state index in [1.807, 2.05) is 53.9 Å². The third-order valence-corrected chi connectivity index (χ3v) is 6.41. The Labute approximate surface area is 189 Å². The Morgan fingerprint density at radius 1 is 0.906 bits per heavy atom. The van der Waals surface area contributed by atoms with Crippen LogP contribution in [0.5, 0.6) is 0 Å². The van der Waals surface area contributed by atoms with E-state index in [0.29, 0.717) is 17.6 Å². The minimum absolute atomic E-state index is 0.104. The Morgan fingerprint density at radius 3 is 2.22 bits per heavy atom. The molecule has 0 bridgehead atoms. The molecule has 7 heteroatoms. The lowest BCUT2D eigenvalue weighted by Gasteiger charge is -2.19. The van der Waals surface area contributed by atoms with Gasteiger partial charge in [0, 0.05) is 4.88 Å². The summed E-state index contributed by atoms with van der Waals surface area (Å²) < 4.78 is 2.76. The molecule has 0 aliphatic carbocycles. The maximum Gasteiger partial charge on any atom is 0.317 e. The molecule has 4 rings (SSSR count). The van der Waals surface area contributed by atoms with Crippen molar-refractivity contribution in [3.63, 3.8) is 0 Å². The van der Waals surface area contributed by atoms with Crippen molar-refractivity contribution in [2.24, 2.45) is 0 Å². The maximum atomic E-state index is 13.0. The molecule has 2 heterocycles. The lowest BCUT2D eigenvalue weighted by molar-refractivity contribution is -0.122. The fourth-order valence-electron chi connectivity index (χ4n) is 3.90. The lowest BCUT2D eigenvalue weighted by Crippen LogP contribution is -2.44. The first-order valence-corrected chi connectivity index (χ1v) is 11.6. The SMILES string of the molecule is CCCC(NC(=O)Cn1c(=O)c(=O)n(Cc2ccccc2)c2ccccc21)c1cccs1. The van der Waals surface area contributed by atoms with E-state index in [4.69, 9.17) is 0 Å². The highest BCUT2D eigenvalue weighted by Gasteiger charge is 2.18. The Bertz CT molecular complexity index is 1320. The second-order valence-corrected chi connectivity index (χ2v) is 8.66. The van der Waals surface area contributed by atoms with Gasteiger partial charge in [-0.3, -0.25) is 23.5 Å². The van der Waals surface area contributed by atoms with Crippen LogP contribution in [0.25, 0.3) is 11.0 Å². The first-order valence-electron chi connectivity index (χ1n) is 10.7. The van der Waals surface area contributed by atoms with E-state index in [1.165, 1.54) is 9.13 Å². The van der Waals surface area contributed by atoms with Crippen molar-refractivity contribution < 1.29 is 4.79 Å². The molecule has 0 saturated carbocycles. The summed E-state index contributed by atoms with van der Waals surface area (Å²) in [5, 5.41) is 5.02. The molecule has 6 nitrogen and oxygen atoms in total. The van der Waals surface area contributed by atoms with Crippen LogP contribution in [-0.2, 0) is 17.9 Å². The molecule has 2 aromatic heterocycles. The Morgan fingerprint density at radius 2 is 1.56 bits per heavy atom. The molecule has 0 aliphatic rings. The molecule has 0 saturated heterocycles. The molecule has 164 valence electrons. The van der Waals surface area contributed by atoms with E-state index in [2.05, 4.69) is 12.2 Å². The molecule has 0 aliphatic heterocycles. The van der Waals surface area contributed by atoms with E-state index in [1.54, 1.807) is 29.5 Å². The molecule has 1 N–H and O–H groups in total. The predicted octanol–water partition coefficient (Wildman–Crippen LogP) is 3.93. The van der Waals surface area contributed by atoms with Crippen LogP contribution < -0.4 is 16.4 Å². The van der Waals surface area contributed by atoms with Crippen molar-refractivity contribution >= 4 is 28.3 Å². The van der Waals surface area contributed by atoms with Gasteiger partial charge in [0.25, 0.3) is 0 Å². The lowest BCUT2D eigenvalue weighted by atomic mass is 10.1. The Hall–Kier alpha value is -3.45. The van der Waals surface area contributed by atoms with E-state index in [-0.39, 0.29) is 18.5 Å². The Balaban J connectivity index is 1.68. The van der Waals surface area contributed by atoms with Crippen LogP contribution in [0.1, 0.15) is 36.2 Å². The minimum Gasteiger partial charge on any atom is -0.347 e. The van der Waals surface area contributed by atoms with E-state index in [9.17, 15) is 14.4 Å².